The molecule has 3 aromatic rings. The first-order chi connectivity index (χ1) is 9.16. The molecule has 3 heteroatoms. The molecule has 2 aromatic heterocycles. The number of hydrogen-bond donors (Lipinski definition) is 1. The van der Waals surface area contributed by atoms with Crippen molar-refractivity contribution in [3.8, 4) is 0 Å². The number of nitrogens with one attached hydrogen (secondary N) is 1. The van der Waals surface area contributed by atoms with E-state index < -0.39 is 0 Å². The summed E-state index contributed by atoms with van der Waals surface area (Å²) in [5.41, 5.74) is 7.00. The Morgan fingerprint density at radius 3 is 2.58 bits per heavy atom. The van der Waals surface area contributed by atoms with Gasteiger partial charge in [0, 0.05) is 11.9 Å². The molecule has 0 atom stereocenters. The monoisotopic (exact) mass is 251 g/mol. The Labute approximate surface area is 112 Å². The summed E-state index contributed by atoms with van der Waals surface area (Å²) in [4.78, 5) is 0. The van der Waals surface area contributed by atoms with E-state index >= 15 is 0 Å². The summed E-state index contributed by atoms with van der Waals surface area (Å²) in [5.74, 6) is 0. The van der Waals surface area contributed by atoms with Crippen LogP contribution in [0.1, 0.15) is 16.8 Å². The summed E-state index contributed by atoms with van der Waals surface area (Å²) >= 11 is 0. The second-order valence-corrected chi connectivity index (χ2v) is 4.90. The maximum Gasteiger partial charge on any atom is 0.0668 e. The predicted molar refractivity (Wildman–Crippen MR) is 79.1 cm³/mol. The van der Waals surface area contributed by atoms with Gasteiger partial charge in [0.2, 0.25) is 0 Å². The SMILES string of the molecule is Cc1ccccc1Nc1c(C)cc2ccnn2c1C. The van der Waals surface area contributed by atoms with Crippen molar-refractivity contribution in [1.29, 1.82) is 0 Å². The van der Waals surface area contributed by atoms with E-state index in [0.29, 0.717) is 0 Å². The normalized spacial score (nSPS) is 10.9. The molecule has 0 saturated carbocycles. The van der Waals surface area contributed by atoms with Crippen LogP contribution in [0.3, 0.4) is 0 Å². The second kappa shape index (κ2) is 4.43. The Morgan fingerprint density at radius 2 is 1.79 bits per heavy atom. The Bertz CT molecular complexity index is 741. The number of rotatable bonds is 2. The molecule has 0 saturated heterocycles. The molecule has 0 amide bonds. The Hall–Kier alpha value is -2.29. The summed E-state index contributed by atoms with van der Waals surface area (Å²) in [6.45, 7) is 6.33. The van der Waals surface area contributed by atoms with Gasteiger partial charge in [-0.05, 0) is 50.1 Å². The van der Waals surface area contributed by atoms with E-state index in [1.165, 1.54) is 11.1 Å². The molecule has 3 rings (SSSR count). The van der Waals surface area contributed by atoms with E-state index in [1.807, 2.05) is 22.8 Å². The zero-order valence-electron chi connectivity index (χ0n) is 11.4. The van der Waals surface area contributed by atoms with Crippen molar-refractivity contribution in [2.45, 2.75) is 20.8 Å². The Kier molecular flexibility index (Phi) is 2.75. The van der Waals surface area contributed by atoms with Crippen molar-refractivity contribution < 1.29 is 0 Å². The molecule has 2 heterocycles. The Morgan fingerprint density at radius 1 is 1.00 bits per heavy atom. The molecular formula is C16H17N3. The maximum atomic E-state index is 4.36. The zero-order chi connectivity index (χ0) is 13.4. The van der Waals surface area contributed by atoms with E-state index in [0.717, 1.165) is 22.6 Å². The molecular weight excluding hydrogens is 234 g/mol. The lowest BCUT2D eigenvalue weighted by Crippen LogP contribution is -2.03. The minimum absolute atomic E-state index is 1.13. The molecule has 0 unspecified atom stereocenters. The minimum Gasteiger partial charge on any atom is -0.354 e. The largest absolute Gasteiger partial charge is 0.354 e. The van der Waals surface area contributed by atoms with Gasteiger partial charge in [0.15, 0.2) is 0 Å². The first kappa shape index (κ1) is 11.8. The van der Waals surface area contributed by atoms with Gasteiger partial charge in [-0.1, -0.05) is 18.2 Å². The second-order valence-electron chi connectivity index (χ2n) is 4.90. The van der Waals surface area contributed by atoms with Gasteiger partial charge in [-0.15, -0.1) is 0 Å². The summed E-state index contributed by atoms with van der Waals surface area (Å²) in [5, 5.41) is 7.89. The molecule has 96 valence electrons. The summed E-state index contributed by atoms with van der Waals surface area (Å²) in [6, 6.07) is 12.5. The van der Waals surface area contributed by atoms with E-state index in [4.69, 9.17) is 0 Å². The number of nitrogens with zero attached hydrogens (tertiary/aromatic N) is 2. The van der Waals surface area contributed by atoms with Gasteiger partial charge in [-0.25, -0.2) is 4.52 Å². The van der Waals surface area contributed by atoms with Gasteiger partial charge in [0.05, 0.1) is 16.9 Å². The van der Waals surface area contributed by atoms with Crippen LogP contribution in [0, 0.1) is 20.8 Å². The molecule has 0 aliphatic heterocycles. The molecule has 0 radical (unpaired) electrons. The molecule has 19 heavy (non-hydrogen) atoms. The highest BCUT2D eigenvalue weighted by molar-refractivity contribution is 5.70. The molecule has 1 N–H and O–H groups in total. The lowest BCUT2D eigenvalue weighted by atomic mass is 10.1. The lowest BCUT2D eigenvalue weighted by Gasteiger charge is -2.15. The number of aromatic nitrogens is 2. The molecule has 3 nitrogen and oxygen atoms in total. The molecule has 1 aromatic carbocycles. The van der Waals surface area contributed by atoms with Crippen LogP contribution in [0.2, 0.25) is 0 Å². The first-order valence-electron chi connectivity index (χ1n) is 6.43. The smallest absolute Gasteiger partial charge is 0.0668 e. The predicted octanol–water partition coefficient (Wildman–Crippen LogP) is 4.00. The van der Waals surface area contributed by atoms with Gasteiger partial charge < -0.3 is 5.32 Å². The number of fused-ring (bicyclic) bond motifs is 1. The van der Waals surface area contributed by atoms with Gasteiger partial charge in [0.25, 0.3) is 0 Å². The minimum atomic E-state index is 1.13. The number of para-hydroxylation sites is 1. The highest BCUT2D eigenvalue weighted by Crippen LogP contribution is 2.27. The van der Waals surface area contributed by atoms with Crippen molar-refractivity contribution in [2.75, 3.05) is 5.32 Å². The molecule has 0 aliphatic rings. The third-order valence-electron chi connectivity index (χ3n) is 3.51. The van der Waals surface area contributed by atoms with Crippen LogP contribution in [0.5, 0.6) is 0 Å². The van der Waals surface area contributed by atoms with Crippen molar-refractivity contribution >= 4 is 16.9 Å². The van der Waals surface area contributed by atoms with E-state index in [1.54, 1.807) is 0 Å². The summed E-state index contributed by atoms with van der Waals surface area (Å²) in [6.07, 6.45) is 1.83. The van der Waals surface area contributed by atoms with Gasteiger partial charge in [0.1, 0.15) is 0 Å². The third-order valence-corrected chi connectivity index (χ3v) is 3.51. The quantitative estimate of drug-likeness (QED) is 0.745. The standard InChI is InChI=1S/C16H17N3/c1-11-6-4-5-7-15(11)18-16-12(2)10-14-8-9-17-19(14)13(16)3/h4-10,18H,1-3H3. The Balaban J connectivity index is 2.12. The van der Waals surface area contributed by atoms with Gasteiger partial charge in [-0.3, -0.25) is 0 Å². The van der Waals surface area contributed by atoms with E-state index in [9.17, 15) is 0 Å². The van der Waals surface area contributed by atoms with Crippen LogP contribution in [-0.2, 0) is 0 Å². The topological polar surface area (TPSA) is 29.3 Å². The number of pyridine rings is 1. The number of benzene rings is 1. The van der Waals surface area contributed by atoms with Crippen LogP contribution in [0.4, 0.5) is 11.4 Å². The maximum absolute atomic E-state index is 4.36. The van der Waals surface area contributed by atoms with E-state index in [2.05, 4.69) is 55.5 Å². The fraction of sp³-hybridized carbons (Fsp3) is 0.188. The highest BCUT2D eigenvalue weighted by atomic mass is 15.2. The van der Waals surface area contributed by atoms with Crippen molar-refractivity contribution in [3.05, 3.63) is 59.4 Å². The number of aryl methyl sites for hydroxylation is 3. The lowest BCUT2D eigenvalue weighted by molar-refractivity contribution is 0.913. The van der Waals surface area contributed by atoms with Gasteiger partial charge in [-0.2, -0.15) is 5.10 Å². The molecule has 0 spiro atoms. The van der Waals surface area contributed by atoms with Crippen LogP contribution < -0.4 is 5.32 Å². The molecule has 0 fully saturated rings. The van der Waals surface area contributed by atoms with Crippen LogP contribution >= 0.6 is 0 Å². The summed E-state index contributed by atoms with van der Waals surface area (Å²) < 4.78 is 1.97. The van der Waals surface area contributed by atoms with Crippen molar-refractivity contribution in [3.63, 3.8) is 0 Å². The van der Waals surface area contributed by atoms with Crippen molar-refractivity contribution in [1.82, 2.24) is 9.61 Å². The number of anilines is 2. The fourth-order valence-electron chi connectivity index (χ4n) is 2.43. The average Bonchev–Trinajstić information content (AvgIpc) is 2.84. The van der Waals surface area contributed by atoms with Crippen LogP contribution in [0.25, 0.3) is 5.52 Å². The molecule has 0 aliphatic carbocycles. The van der Waals surface area contributed by atoms with Crippen LogP contribution in [-0.4, -0.2) is 9.61 Å². The van der Waals surface area contributed by atoms with Crippen molar-refractivity contribution in [2.24, 2.45) is 0 Å². The zero-order valence-corrected chi connectivity index (χ0v) is 11.4. The van der Waals surface area contributed by atoms with Crippen LogP contribution in [0.15, 0.2) is 42.6 Å². The van der Waals surface area contributed by atoms with Gasteiger partial charge >= 0.3 is 0 Å². The number of hydrogen-bond acceptors (Lipinski definition) is 2. The first-order valence-corrected chi connectivity index (χ1v) is 6.43. The fourth-order valence-corrected chi connectivity index (χ4v) is 2.43. The highest BCUT2D eigenvalue weighted by Gasteiger charge is 2.09. The third kappa shape index (κ3) is 1.97. The average molecular weight is 251 g/mol. The summed E-state index contributed by atoms with van der Waals surface area (Å²) in [7, 11) is 0. The van der Waals surface area contributed by atoms with E-state index in [-0.39, 0.29) is 0 Å². The molecule has 0 bridgehead atoms.